The third-order valence-electron chi connectivity index (χ3n) is 5.71. The number of benzene rings is 1. The Bertz CT molecular complexity index is 808. The maximum atomic E-state index is 12.7. The summed E-state index contributed by atoms with van der Waals surface area (Å²) in [5.74, 6) is -0.820. The van der Waals surface area contributed by atoms with E-state index in [1.165, 1.54) is 35.7 Å². The van der Waals surface area contributed by atoms with Crippen molar-refractivity contribution >= 4 is 21.9 Å². The Morgan fingerprint density at radius 3 is 2.11 bits per heavy atom. The lowest BCUT2D eigenvalue weighted by molar-refractivity contribution is -0.149. The fraction of sp³-hybridized carbons (Fsp3) is 0.600. The van der Waals surface area contributed by atoms with Crippen LogP contribution in [0.25, 0.3) is 0 Å². The van der Waals surface area contributed by atoms with Crippen LogP contribution in [-0.2, 0) is 19.6 Å². The van der Waals surface area contributed by atoms with Crippen molar-refractivity contribution in [3.05, 3.63) is 29.8 Å². The van der Waals surface area contributed by atoms with Crippen LogP contribution < -0.4 is 5.32 Å². The van der Waals surface area contributed by atoms with Crippen LogP contribution in [0.5, 0.6) is 0 Å². The highest BCUT2D eigenvalue weighted by Crippen LogP contribution is 2.30. The van der Waals surface area contributed by atoms with E-state index in [0.29, 0.717) is 31.5 Å². The molecular weight excluding hydrogens is 380 g/mol. The van der Waals surface area contributed by atoms with Gasteiger partial charge in [-0.05, 0) is 49.9 Å². The predicted octanol–water partition coefficient (Wildman–Crippen LogP) is 2.47. The fourth-order valence-corrected chi connectivity index (χ4v) is 5.57. The molecule has 0 aromatic heterocycles. The maximum Gasteiger partial charge on any atom is 0.331 e. The average molecular weight is 409 g/mol. The van der Waals surface area contributed by atoms with E-state index in [4.69, 9.17) is 4.74 Å². The second-order valence-corrected chi connectivity index (χ2v) is 9.52. The molecule has 2 fully saturated rings. The molecule has 0 bridgehead atoms. The SMILES string of the molecule is COC(=O)C1(NC(=O)c2ccc(S(=O)(=O)N3CCCCC3)cc2)CCCCC1. The number of methoxy groups -OCH3 is 1. The van der Waals surface area contributed by atoms with E-state index >= 15 is 0 Å². The van der Waals surface area contributed by atoms with Crippen molar-refractivity contribution in [2.45, 2.75) is 61.8 Å². The Hall–Kier alpha value is -1.93. The minimum Gasteiger partial charge on any atom is -0.467 e. The van der Waals surface area contributed by atoms with Crippen LogP contribution in [0.15, 0.2) is 29.2 Å². The van der Waals surface area contributed by atoms with Crippen LogP contribution >= 0.6 is 0 Å². The summed E-state index contributed by atoms with van der Waals surface area (Å²) in [5.41, 5.74) is -0.672. The number of sulfonamides is 1. The van der Waals surface area contributed by atoms with Crippen molar-refractivity contribution in [3.63, 3.8) is 0 Å². The van der Waals surface area contributed by atoms with Crippen molar-refractivity contribution in [2.75, 3.05) is 20.2 Å². The maximum absolute atomic E-state index is 12.7. The summed E-state index contributed by atoms with van der Waals surface area (Å²) < 4.78 is 31.9. The fourth-order valence-electron chi connectivity index (χ4n) is 4.05. The first-order valence-electron chi connectivity index (χ1n) is 9.90. The van der Waals surface area contributed by atoms with Gasteiger partial charge in [-0.1, -0.05) is 25.7 Å². The molecule has 0 radical (unpaired) electrons. The molecule has 1 heterocycles. The molecule has 3 rings (SSSR count). The minimum absolute atomic E-state index is 0.186. The molecule has 1 N–H and O–H groups in total. The van der Waals surface area contributed by atoms with Crippen molar-refractivity contribution in [1.82, 2.24) is 9.62 Å². The van der Waals surface area contributed by atoms with Gasteiger partial charge < -0.3 is 10.1 Å². The Kier molecular flexibility index (Phi) is 6.40. The van der Waals surface area contributed by atoms with Gasteiger partial charge in [0.15, 0.2) is 0 Å². The quantitative estimate of drug-likeness (QED) is 0.756. The van der Waals surface area contributed by atoms with Crippen LogP contribution in [0.1, 0.15) is 61.7 Å². The van der Waals surface area contributed by atoms with Gasteiger partial charge in [-0.15, -0.1) is 0 Å². The van der Waals surface area contributed by atoms with E-state index in [-0.39, 0.29) is 4.90 Å². The highest BCUT2D eigenvalue weighted by Gasteiger charge is 2.42. The second-order valence-electron chi connectivity index (χ2n) is 7.58. The number of amides is 1. The molecular formula is C20H28N2O5S. The molecule has 1 aliphatic heterocycles. The number of nitrogens with zero attached hydrogens (tertiary/aromatic N) is 1. The molecule has 1 aliphatic carbocycles. The summed E-state index contributed by atoms with van der Waals surface area (Å²) in [6.45, 7) is 1.07. The highest BCUT2D eigenvalue weighted by molar-refractivity contribution is 7.89. The number of nitrogens with one attached hydrogen (secondary N) is 1. The standard InChI is InChI=1S/C20H28N2O5S/c1-27-19(24)20(12-4-2-5-13-20)21-18(23)16-8-10-17(11-9-16)28(25,26)22-14-6-3-7-15-22/h8-11H,2-7,12-15H2,1H3,(H,21,23). The molecule has 28 heavy (non-hydrogen) atoms. The Balaban J connectivity index is 1.75. The normalized spacial score (nSPS) is 20.3. The average Bonchev–Trinajstić information content (AvgIpc) is 2.74. The molecule has 1 amide bonds. The van der Waals surface area contributed by atoms with Crippen LogP contribution in [-0.4, -0.2) is 50.3 Å². The van der Waals surface area contributed by atoms with Crippen LogP contribution in [0.3, 0.4) is 0 Å². The number of carbonyl (C=O) groups excluding carboxylic acids is 2. The topological polar surface area (TPSA) is 92.8 Å². The first-order chi connectivity index (χ1) is 13.4. The summed E-state index contributed by atoms with van der Waals surface area (Å²) in [6.07, 6.45) is 6.61. The zero-order valence-electron chi connectivity index (χ0n) is 16.3. The monoisotopic (exact) mass is 408 g/mol. The molecule has 154 valence electrons. The lowest BCUT2D eigenvalue weighted by Gasteiger charge is -2.35. The third-order valence-corrected chi connectivity index (χ3v) is 7.62. The number of hydrogen-bond acceptors (Lipinski definition) is 5. The number of rotatable bonds is 5. The van der Waals surface area contributed by atoms with Gasteiger partial charge in [0.05, 0.1) is 12.0 Å². The molecule has 1 aromatic carbocycles. The van der Waals surface area contributed by atoms with Gasteiger partial charge in [0.1, 0.15) is 5.54 Å². The number of hydrogen-bond donors (Lipinski definition) is 1. The van der Waals surface area contributed by atoms with E-state index in [0.717, 1.165) is 38.5 Å². The molecule has 1 saturated carbocycles. The largest absolute Gasteiger partial charge is 0.467 e. The van der Waals surface area contributed by atoms with Crippen LogP contribution in [0, 0.1) is 0 Å². The zero-order chi connectivity index (χ0) is 20.2. The predicted molar refractivity (Wildman–Crippen MR) is 104 cm³/mol. The Morgan fingerprint density at radius 2 is 1.54 bits per heavy atom. The van der Waals surface area contributed by atoms with Gasteiger partial charge in [-0.25, -0.2) is 13.2 Å². The Morgan fingerprint density at radius 1 is 0.964 bits per heavy atom. The molecule has 7 nitrogen and oxygen atoms in total. The summed E-state index contributed by atoms with van der Waals surface area (Å²) in [6, 6.07) is 5.93. The minimum atomic E-state index is -3.53. The molecule has 8 heteroatoms. The molecule has 1 aromatic rings. The second kappa shape index (κ2) is 8.61. The number of piperidine rings is 1. The smallest absolute Gasteiger partial charge is 0.331 e. The first-order valence-corrected chi connectivity index (χ1v) is 11.3. The number of ether oxygens (including phenoxy) is 1. The van der Waals surface area contributed by atoms with E-state index in [2.05, 4.69) is 5.32 Å². The highest BCUT2D eigenvalue weighted by atomic mass is 32.2. The first kappa shape index (κ1) is 20.8. The van der Waals surface area contributed by atoms with Crippen molar-refractivity contribution in [2.24, 2.45) is 0 Å². The third kappa shape index (κ3) is 4.22. The van der Waals surface area contributed by atoms with E-state index in [1.807, 2.05) is 0 Å². The van der Waals surface area contributed by atoms with Gasteiger partial charge in [0, 0.05) is 18.7 Å². The molecule has 0 spiro atoms. The van der Waals surface area contributed by atoms with Gasteiger partial charge in [-0.3, -0.25) is 4.79 Å². The molecule has 1 saturated heterocycles. The van der Waals surface area contributed by atoms with Crippen LogP contribution in [0.2, 0.25) is 0 Å². The van der Waals surface area contributed by atoms with Gasteiger partial charge >= 0.3 is 5.97 Å². The summed E-state index contributed by atoms with van der Waals surface area (Å²) in [7, 11) is -2.21. The van der Waals surface area contributed by atoms with Crippen molar-refractivity contribution in [3.8, 4) is 0 Å². The molecule has 2 aliphatic rings. The van der Waals surface area contributed by atoms with Crippen molar-refractivity contribution in [1.29, 1.82) is 0 Å². The van der Waals surface area contributed by atoms with Gasteiger partial charge in [-0.2, -0.15) is 4.31 Å². The van der Waals surface area contributed by atoms with Gasteiger partial charge in [0.25, 0.3) is 5.91 Å². The molecule has 0 unspecified atom stereocenters. The van der Waals surface area contributed by atoms with E-state index in [1.54, 1.807) is 0 Å². The Labute approximate surface area is 166 Å². The summed E-state index contributed by atoms with van der Waals surface area (Å²) in [5, 5.41) is 2.85. The van der Waals surface area contributed by atoms with Crippen molar-refractivity contribution < 1.29 is 22.7 Å². The van der Waals surface area contributed by atoms with Gasteiger partial charge in [0.2, 0.25) is 10.0 Å². The molecule has 0 atom stereocenters. The van der Waals surface area contributed by atoms with E-state index < -0.39 is 27.4 Å². The summed E-state index contributed by atoms with van der Waals surface area (Å²) >= 11 is 0. The number of esters is 1. The van der Waals surface area contributed by atoms with Crippen LogP contribution in [0.4, 0.5) is 0 Å². The zero-order valence-corrected chi connectivity index (χ0v) is 17.1. The van der Waals surface area contributed by atoms with E-state index in [9.17, 15) is 18.0 Å². The lowest BCUT2D eigenvalue weighted by Crippen LogP contribution is -2.56. The lowest BCUT2D eigenvalue weighted by atomic mass is 9.81. The number of carbonyl (C=O) groups is 2. The summed E-state index contributed by atoms with van der Waals surface area (Å²) in [4.78, 5) is 25.2.